The SMILES string of the molecule is CC(NC(=O)c1nnc(NC2CC2)o1)c1nccn1C. The zero-order chi connectivity index (χ0) is 14.1. The maximum atomic E-state index is 12.0. The second-order valence-electron chi connectivity index (χ2n) is 4.92. The number of aryl methyl sites for hydroxylation is 1. The van der Waals surface area contributed by atoms with Gasteiger partial charge in [-0.3, -0.25) is 4.79 Å². The van der Waals surface area contributed by atoms with Crippen molar-refractivity contribution < 1.29 is 9.21 Å². The Hall–Kier alpha value is -2.38. The Morgan fingerprint density at radius 1 is 1.50 bits per heavy atom. The van der Waals surface area contributed by atoms with Crippen LogP contribution in [0.4, 0.5) is 6.01 Å². The molecule has 0 aromatic carbocycles. The topological polar surface area (TPSA) is 97.9 Å². The van der Waals surface area contributed by atoms with Crippen LogP contribution in [0.25, 0.3) is 0 Å². The predicted octanol–water partition coefficient (Wildman–Crippen LogP) is 0.868. The Kier molecular flexibility index (Phi) is 3.13. The van der Waals surface area contributed by atoms with Crippen LogP contribution in [0, 0.1) is 0 Å². The molecule has 2 aromatic heterocycles. The third-order valence-corrected chi connectivity index (χ3v) is 3.12. The smallest absolute Gasteiger partial charge is 0.316 e. The fraction of sp³-hybridized carbons (Fsp3) is 0.500. The summed E-state index contributed by atoms with van der Waals surface area (Å²) >= 11 is 0. The summed E-state index contributed by atoms with van der Waals surface area (Å²) in [6.45, 7) is 1.85. The van der Waals surface area contributed by atoms with Gasteiger partial charge in [0.15, 0.2) is 0 Å². The lowest BCUT2D eigenvalue weighted by molar-refractivity contribution is 0.0903. The molecule has 1 aliphatic rings. The summed E-state index contributed by atoms with van der Waals surface area (Å²) in [7, 11) is 1.87. The minimum Gasteiger partial charge on any atom is -0.399 e. The van der Waals surface area contributed by atoms with Gasteiger partial charge < -0.3 is 19.6 Å². The van der Waals surface area contributed by atoms with Crippen molar-refractivity contribution >= 4 is 11.9 Å². The van der Waals surface area contributed by atoms with Crippen molar-refractivity contribution in [1.82, 2.24) is 25.1 Å². The minimum absolute atomic E-state index is 0.0470. The van der Waals surface area contributed by atoms with E-state index in [0.29, 0.717) is 12.1 Å². The molecule has 2 aromatic rings. The van der Waals surface area contributed by atoms with Crippen molar-refractivity contribution in [3.63, 3.8) is 0 Å². The number of nitrogens with one attached hydrogen (secondary N) is 2. The molecule has 1 fully saturated rings. The largest absolute Gasteiger partial charge is 0.399 e. The Morgan fingerprint density at radius 3 is 2.95 bits per heavy atom. The van der Waals surface area contributed by atoms with Gasteiger partial charge in [-0.25, -0.2) is 4.98 Å². The summed E-state index contributed by atoms with van der Waals surface area (Å²) < 4.78 is 7.12. The molecule has 0 bridgehead atoms. The molecule has 3 rings (SSSR count). The van der Waals surface area contributed by atoms with E-state index < -0.39 is 5.91 Å². The average Bonchev–Trinajstić information content (AvgIpc) is 2.92. The maximum Gasteiger partial charge on any atom is 0.316 e. The van der Waals surface area contributed by atoms with Crippen molar-refractivity contribution in [2.24, 2.45) is 7.05 Å². The van der Waals surface area contributed by atoms with E-state index in [2.05, 4.69) is 25.8 Å². The van der Waals surface area contributed by atoms with Crippen molar-refractivity contribution in [2.45, 2.75) is 31.8 Å². The zero-order valence-corrected chi connectivity index (χ0v) is 11.3. The molecule has 1 aliphatic carbocycles. The second-order valence-corrected chi connectivity index (χ2v) is 4.92. The quantitative estimate of drug-likeness (QED) is 0.840. The maximum absolute atomic E-state index is 12.0. The molecule has 0 aliphatic heterocycles. The van der Waals surface area contributed by atoms with Crippen molar-refractivity contribution in [3.05, 3.63) is 24.1 Å². The summed E-state index contributed by atoms with van der Waals surface area (Å²) in [4.78, 5) is 16.2. The molecule has 1 saturated carbocycles. The number of carbonyl (C=O) groups is 1. The van der Waals surface area contributed by atoms with Gasteiger partial charge in [0.1, 0.15) is 5.82 Å². The molecule has 20 heavy (non-hydrogen) atoms. The van der Waals surface area contributed by atoms with Gasteiger partial charge in [0.2, 0.25) is 0 Å². The molecule has 1 amide bonds. The Bertz CT molecular complexity index is 615. The molecule has 8 nitrogen and oxygen atoms in total. The summed E-state index contributed by atoms with van der Waals surface area (Å²) in [6, 6.07) is 0.453. The Balaban J connectivity index is 1.63. The van der Waals surface area contributed by atoms with Gasteiger partial charge in [0, 0.05) is 25.5 Å². The van der Waals surface area contributed by atoms with Crippen LogP contribution >= 0.6 is 0 Å². The first kappa shape index (κ1) is 12.6. The van der Waals surface area contributed by atoms with Crippen molar-refractivity contribution in [1.29, 1.82) is 0 Å². The van der Waals surface area contributed by atoms with E-state index in [1.165, 1.54) is 0 Å². The number of nitrogens with zero attached hydrogens (tertiary/aromatic N) is 4. The zero-order valence-electron chi connectivity index (χ0n) is 11.3. The highest BCUT2D eigenvalue weighted by Crippen LogP contribution is 2.23. The highest BCUT2D eigenvalue weighted by Gasteiger charge is 2.25. The highest BCUT2D eigenvalue weighted by molar-refractivity contribution is 5.89. The molecule has 8 heteroatoms. The number of hydrogen-bond donors (Lipinski definition) is 2. The number of carbonyl (C=O) groups excluding carboxylic acids is 1. The van der Waals surface area contributed by atoms with E-state index in [1.54, 1.807) is 6.20 Å². The standard InChI is InChI=1S/C12H16N6O2/c1-7(9-13-5-6-18(9)2)14-10(19)11-16-17-12(20-11)15-8-3-4-8/h5-8H,3-4H2,1-2H3,(H,14,19)(H,15,17). The van der Waals surface area contributed by atoms with Gasteiger partial charge in [0.05, 0.1) is 6.04 Å². The second kappa shape index (κ2) is 4.95. The molecular formula is C12H16N6O2. The van der Waals surface area contributed by atoms with Gasteiger partial charge in [-0.2, -0.15) is 0 Å². The van der Waals surface area contributed by atoms with Crippen LogP contribution < -0.4 is 10.6 Å². The van der Waals surface area contributed by atoms with Gasteiger partial charge in [-0.15, -0.1) is 5.10 Å². The van der Waals surface area contributed by atoms with Crippen LogP contribution in [-0.2, 0) is 7.05 Å². The minimum atomic E-state index is -0.406. The van der Waals surface area contributed by atoms with Crippen molar-refractivity contribution in [2.75, 3.05) is 5.32 Å². The first-order valence-corrected chi connectivity index (χ1v) is 6.51. The average molecular weight is 276 g/mol. The van der Waals surface area contributed by atoms with Crippen LogP contribution in [0.2, 0.25) is 0 Å². The third kappa shape index (κ3) is 2.63. The monoisotopic (exact) mass is 276 g/mol. The van der Waals surface area contributed by atoms with Gasteiger partial charge in [-0.05, 0) is 19.8 Å². The number of anilines is 1. The fourth-order valence-electron chi connectivity index (χ4n) is 1.89. The predicted molar refractivity (Wildman–Crippen MR) is 70.0 cm³/mol. The van der Waals surface area contributed by atoms with Crippen molar-refractivity contribution in [3.8, 4) is 0 Å². The Morgan fingerprint density at radius 2 is 2.30 bits per heavy atom. The van der Waals surface area contributed by atoms with Gasteiger partial charge >= 0.3 is 17.8 Å². The van der Waals surface area contributed by atoms with E-state index in [0.717, 1.165) is 18.7 Å². The summed E-state index contributed by atoms with van der Waals surface area (Å²) in [5.41, 5.74) is 0. The van der Waals surface area contributed by atoms with E-state index in [9.17, 15) is 4.79 Å². The normalized spacial score (nSPS) is 15.9. The molecule has 1 unspecified atom stereocenters. The van der Waals surface area contributed by atoms with Crippen LogP contribution in [-0.4, -0.2) is 31.7 Å². The summed E-state index contributed by atoms with van der Waals surface area (Å²) in [6.07, 6.45) is 5.70. The van der Waals surface area contributed by atoms with Crippen LogP contribution in [0.5, 0.6) is 0 Å². The molecule has 1 atom stereocenters. The van der Waals surface area contributed by atoms with Crippen LogP contribution in [0.1, 0.15) is 42.3 Å². The summed E-state index contributed by atoms with van der Waals surface area (Å²) in [5.74, 6) is 0.306. The van der Waals surface area contributed by atoms with E-state index in [1.807, 2.05) is 24.7 Å². The molecule has 2 N–H and O–H groups in total. The molecule has 0 saturated heterocycles. The molecule has 106 valence electrons. The molecular weight excluding hydrogens is 260 g/mol. The lowest BCUT2D eigenvalue weighted by atomic mass is 10.3. The first-order chi connectivity index (χ1) is 9.63. The van der Waals surface area contributed by atoms with E-state index in [4.69, 9.17) is 4.42 Å². The van der Waals surface area contributed by atoms with E-state index in [-0.39, 0.29) is 11.9 Å². The molecule has 0 spiro atoms. The lowest BCUT2D eigenvalue weighted by Crippen LogP contribution is -2.28. The fourth-order valence-corrected chi connectivity index (χ4v) is 1.89. The first-order valence-electron chi connectivity index (χ1n) is 6.51. The number of imidazole rings is 1. The number of hydrogen-bond acceptors (Lipinski definition) is 6. The van der Waals surface area contributed by atoms with Crippen LogP contribution in [0.3, 0.4) is 0 Å². The van der Waals surface area contributed by atoms with Gasteiger partial charge in [0.25, 0.3) is 0 Å². The van der Waals surface area contributed by atoms with E-state index >= 15 is 0 Å². The lowest BCUT2D eigenvalue weighted by Gasteiger charge is -2.11. The molecule has 0 radical (unpaired) electrons. The number of amides is 1. The number of rotatable bonds is 5. The highest BCUT2D eigenvalue weighted by atomic mass is 16.4. The molecule has 2 heterocycles. The summed E-state index contributed by atoms with van der Waals surface area (Å²) in [5, 5.41) is 13.4. The van der Waals surface area contributed by atoms with Crippen LogP contribution in [0.15, 0.2) is 16.8 Å². The number of aromatic nitrogens is 4. The van der Waals surface area contributed by atoms with Gasteiger partial charge in [-0.1, -0.05) is 5.10 Å². The Labute approximate surface area is 115 Å². The third-order valence-electron chi connectivity index (χ3n) is 3.12.